The summed E-state index contributed by atoms with van der Waals surface area (Å²) in [7, 11) is 1.45. The first kappa shape index (κ1) is 15.5. The van der Waals surface area contributed by atoms with E-state index in [-0.39, 0.29) is 12.0 Å². The summed E-state index contributed by atoms with van der Waals surface area (Å²) in [6.45, 7) is 1.59. The van der Waals surface area contributed by atoms with Crippen molar-refractivity contribution >= 4 is 11.5 Å². The molecule has 0 radical (unpaired) electrons. The molecular weight excluding hydrogens is 286 g/mol. The van der Waals surface area contributed by atoms with Gasteiger partial charge in [0.25, 0.3) is 0 Å². The minimum absolute atomic E-state index is 0.201. The lowest BCUT2D eigenvalue weighted by Gasteiger charge is -2.32. The van der Waals surface area contributed by atoms with E-state index in [0.717, 1.165) is 25.1 Å². The van der Waals surface area contributed by atoms with Gasteiger partial charge in [-0.15, -0.1) is 0 Å². The number of rotatable bonds is 4. The predicted octanol–water partition coefficient (Wildman–Crippen LogP) is 3.69. The number of ether oxygens (including phenoxy) is 1. The van der Waals surface area contributed by atoms with Crippen LogP contribution in [0.1, 0.15) is 23.6 Å². The summed E-state index contributed by atoms with van der Waals surface area (Å²) in [6.07, 6.45) is 3.15. The number of carbonyl (C=O) groups is 1. The molecule has 0 saturated carbocycles. The lowest BCUT2D eigenvalue weighted by molar-refractivity contribution is -0.147. The zero-order chi connectivity index (χ0) is 16.1. The molecule has 118 valence electrons. The van der Waals surface area contributed by atoms with Gasteiger partial charge in [0.2, 0.25) is 0 Å². The van der Waals surface area contributed by atoms with E-state index in [1.807, 2.05) is 36.4 Å². The van der Waals surface area contributed by atoms with E-state index >= 15 is 0 Å². The highest BCUT2D eigenvalue weighted by Gasteiger charge is 2.29. The van der Waals surface area contributed by atoms with Crippen LogP contribution in [0.2, 0.25) is 0 Å². The molecule has 3 heteroatoms. The van der Waals surface area contributed by atoms with E-state index in [0.29, 0.717) is 0 Å². The molecule has 3 nitrogen and oxygen atoms in total. The minimum atomic E-state index is -0.338. The van der Waals surface area contributed by atoms with E-state index in [9.17, 15) is 4.79 Å². The molecule has 0 fully saturated rings. The van der Waals surface area contributed by atoms with Crippen molar-refractivity contribution in [1.29, 1.82) is 0 Å². The fraction of sp³-hybridized carbons (Fsp3) is 0.250. The average molecular weight is 307 g/mol. The van der Waals surface area contributed by atoms with Gasteiger partial charge >= 0.3 is 5.97 Å². The molecule has 0 aliphatic carbocycles. The first-order valence-electron chi connectivity index (χ1n) is 7.91. The number of benzene rings is 2. The lowest BCUT2D eigenvalue weighted by Crippen LogP contribution is -2.37. The highest BCUT2D eigenvalue weighted by molar-refractivity contribution is 5.78. The van der Waals surface area contributed by atoms with E-state index < -0.39 is 0 Å². The van der Waals surface area contributed by atoms with Crippen molar-refractivity contribution < 1.29 is 9.53 Å². The SMILES string of the molecule is COC(=O)[C@@H](c1ccccc1)N1CC=C(c2ccccc2)CC1. The first-order chi connectivity index (χ1) is 11.3. The summed E-state index contributed by atoms with van der Waals surface area (Å²) >= 11 is 0. The Morgan fingerprint density at radius 2 is 1.70 bits per heavy atom. The van der Waals surface area contributed by atoms with Crippen molar-refractivity contribution in [2.45, 2.75) is 12.5 Å². The molecule has 0 unspecified atom stereocenters. The maximum absolute atomic E-state index is 12.3. The molecule has 0 amide bonds. The topological polar surface area (TPSA) is 29.5 Å². The summed E-state index contributed by atoms with van der Waals surface area (Å²) in [6, 6.07) is 19.9. The molecule has 0 spiro atoms. The van der Waals surface area contributed by atoms with Crippen LogP contribution in [0, 0.1) is 0 Å². The highest BCUT2D eigenvalue weighted by Crippen LogP contribution is 2.28. The monoisotopic (exact) mass is 307 g/mol. The number of esters is 1. The van der Waals surface area contributed by atoms with Crippen LogP contribution in [-0.2, 0) is 9.53 Å². The summed E-state index contributed by atoms with van der Waals surface area (Å²) < 4.78 is 5.03. The van der Waals surface area contributed by atoms with Crippen molar-refractivity contribution in [2.24, 2.45) is 0 Å². The van der Waals surface area contributed by atoms with Crippen LogP contribution in [0.15, 0.2) is 66.7 Å². The Hall–Kier alpha value is -2.39. The Morgan fingerprint density at radius 3 is 2.26 bits per heavy atom. The maximum atomic E-state index is 12.3. The second kappa shape index (κ2) is 7.25. The van der Waals surface area contributed by atoms with Gasteiger partial charge < -0.3 is 4.74 Å². The van der Waals surface area contributed by atoms with Gasteiger partial charge in [-0.1, -0.05) is 66.7 Å². The first-order valence-corrected chi connectivity index (χ1v) is 7.91. The largest absolute Gasteiger partial charge is 0.468 e. The van der Waals surface area contributed by atoms with Gasteiger partial charge in [-0.2, -0.15) is 0 Å². The van der Waals surface area contributed by atoms with Crippen LogP contribution in [0.4, 0.5) is 0 Å². The molecule has 1 atom stereocenters. The van der Waals surface area contributed by atoms with Crippen molar-refractivity contribution in [3.63, 3.8) is 0 Å². The van der Waals surface area contributed by atoms with Gasteiger partial charge in [0.1, 0.15) is 6.04 Å². The van der Waals surface area contributed by atoms with Gasteiger partial charge in [0, 0.05) is 13.1 Å². The third kappa shape index (κ3) is 3.51. The maximum Gasteiger partial charge on any atom is 0.327 e. The van der Waals surface area contributed by atoms with Gasteiger partial charge in [0.15, 0.2) is 0 Å². The van der Waals surface area contributed by atoms with Crippen LogP contribution in [-0.4, -0.2) is 31.1 Å². The third-order valence-electron chi connectivity index (χ3n) is 4.29. The zero-order valence-corrected chi connectivity index (χ0v) is 13.3. The third-order valence-corrected chi connectivity index (χ3v) is 4.29. The standard InChI is InChI=1S/C20H21NO2/c1-23-20(22)19(18-10-6-3-7-11-18)21-14-12-17(13-15-21)16-8-4-2-5-9-16/h2-12,19H,13-15H2,1H3/t19-/m1/s1. The minimum Gasteiger partial charge on any atom is -0.468 e. The van der Waals surface area contributed by atoms with Crippen LogP contribution in [0.25, 0.3) is 5.57 Å². The Kier molecular flexibility index (Phi) is 4.89. The number of nitrogens with zero attached hydrogens (tertiary/aromatic N) is 1. The smallest absolute Gasteiger partial charge is 0.327 e. The molecule has 1 aliphatic heterocycles. The molecule has 1 aliphatic rings. The zero-order valence-electron chi connectivity index (χ0n) is 13.3. The molecule has 0 bridgehead atoms. The second-order valence-corrected chi connectivity index (χ2v) is 5.68. The van der Waals surface area contributed by atoms with Crippen molar-refractivity contribution in [3.8, 4) is 0 Å². The molecule has 3 rings (SSSR count). The lowest BCUT2D eigenvalue weighted by atomic mass is 9.97. The second-order valence-electron chi connectivity index (χ2n) is 5.68. The quantitative estimate of drug-likeness (QED) is 0.807. The average Bonchev–Trinajstić information content (AvgIpc) is 2.64. The van der Waals surface area contributed by atoms with Crippen molar-refractivity contribution in [1.82, 2.24) is 4.90 Å². The molecule has 2 aromatic rings. The van der Waals surface area contributed by atoms with Gasteiger partial charge in [-0.05, 0) is 23.1 Å². The summed E-state index contributed by atoms with van der Waals surface area (Å²) in [5.41, 5.74) is 3.59. The molecular formula is C20H21NO2. The number of carbonyl (C=O) groups excluding carboxylic acids is 1. The predicted molar refractivity (Wildman–Crippen MR) is 91.8 cm³/mol. The van der Waals surface area contributed by atoms with Gasteiger partial charge in [-0.25, -0.2) is 4.79 Å². The highest BCUT2D eigenvalue weighted by atomic mass is 16.5. The van der Waals surface area contributed by atoms with Crippen LogP contribution < -0.4 is 0 Å². The molecule has 0 aromatic heterocycles. The Labute approximate surface area is 137 Å². The Bertz CT molecular complexity index is 679. The van der Waals surface area contributed by atoms with Crippen LogP contribution in [0.3, 0.4) is 0 Å². The fourth-order valence-electron chi connectivity index (χ4n) is 3.08. The molecule has 1 heterocycles. The summed E-state index contributed by atoms with van der Waals surface area (Å²) in [5.74, 6) is -0.201. The fourth-order valence-corrected chi connectivity index (χ4v) is 3.08. The molecule has 2 aromatic carbocycles. The van der Waals surface area contributed by atoms with E-state index in [4.69, 9.17) is 4.74 Å². The summed E-state index contributed by atoms with van der Waals surface area (Å²) in [5, 5.41) is 0. The Balaban J connectivity index is 1.81. The van der Waals surface area contributed by atoms with Gasteiger partial charge in [-0.3, -0.25) is 4.90 Å². The number of hydrogen-bond acceptors (Lipinski definition) is 3. The number of hydrogen-bond donors (Lipinski definition) is 0. The summed E-state index contributed by atoms with van der Waals surface area (Å²) in [4.78, 5) is 14.5. The van der Waals surface area contributed by atoms with E-state index in [2.05, 4.69) is 35.2 Å². The van der Waals surface area contributed by atoms with E-state index in [1.54, 1.807) is 0 Å². The molecule has 0 N–H and O–H groups in total. The van der Waals surface area contributed by atoms with Crippen molar-refractivity contribution in [3.05, 3.63) is 77.9 Å². The van der Waals surface area contributed by atoms with Crippen LogP contribution in [0.5, 0.6) is 0 Å². The van der Waals surface area contributed by atoms with Crippen molar-refractivity contribution in [2.75, 3.05) is 20.2 Å². The van der Waals surface area contributed by atoms with E-state index in [1.165, 1.54) is 18.2 Å². The molecule has 0 saturated heterocycles. The molecule has 23 heavy (non-hydrogen) atoms. The normalized spacial score (nSPS) is 16.5. The van der Waals surface area contributed by atoms with Gasteiger partial charge in [0.05, 0.1) is 7.11 Å². The Morgan fingerprint density at radius 1 is 1.04 bits per heavy atom. The van der Waals surface area contributed by atoms with Crippen LogP contribution >= 0.6 is 0 Å². The number of methoxy groups -OCH3 is 1.